The van der Waals surface area contributed by atoms with Crippen molar-refractivity contribution in [3.05, 3.63) is 100 Å². The molecule has 2 aliphatic rings. The van der Waals surface area contributed by atoms with Gasteiger partial charge in [0.2, 0.25) is 5.91 Å². The van der Waals surface area contributed by atoms with E-state index in [1.807, 2.05) is 11.8 Å². The topological polar surface area (TPSA) is 159 Å². The number of pyridine rings is 1. The molecule has 2 fully saturated rings. The van der Waals surface area contributed by atoms with Crippen LogP contribution in [0.5, 0.6) is 0 Å². The highest BCUT2D eigenvalue weighted by Gasteiger charge is 2.35. The Morgan fingerprint density at radius 1 is 0.836 bits per heavy atom. The van der Waals surface area contributed by atoms with Crippen molar-refractivity contribution in [2.45, 2.75) is 33.2 Å². The Hall–Kier alpha value is -6.20. The molecule has 2 saturated heterocycles. The van der Waals surface area contributed by atoms with E-state index >= 15 is 8.78 Å². The molecule has 2 aliphatic heterocycles. The molecule has 18 heteroatoms. The first-order valence-electron chi connectivity index (χ1n) is 20.1. The number of rotatable bonds is 10. The van der Waals surface area contributed by atoms with E-state index in [4.69, 9.17) is 11.6 Å². The largest absolute Gasteiger partial charge is 0.339 e. The molecular formula is C43H49ClF2N11O4+. The van der Waals surface area contributed by atoms with Crippen molar-refractivity contribution >= 4 is 46.7 Å². The van der Waals surface area contributed by atoms with Gasteiger partial charge in [0.15, 0.2) is 17.5 Å². The van der Waals surface area contributed by atoms with Gasteiger partial charge in [-0.25, -0.2) is 18.6 Å². The van der Waals surface area contributed by atoms with Crippen LogP contribution >= 0.6 is 11.6 Å². The minimum absolute atomic E-state index is 0.00251. The number of imidazole rings is 1. The third-order valence-electron chi connectivity index (χ3n) is 11.4. The predicted octanol–water partition coefficient (Wildman–Crippen LogP) is 5.74. The van der Waals surface area contributed by atoms with Crippen LogP contribution in [0.15, 0.2) is 61.1 Å². The maximum Gasteiger partial charge on any atom is 0.319 e. The molecule has 61 heavy (non-hydrogen) atoms. The van der Waals surface area contributed by atoms with E-state index in [2.05, 4.69) is 45.1 Å². The zero-order chi connectivity index (χ0) is 43.6. The number of quaternary nitrogens is 1. The number of anilines is 2. The highest BCUT2D eigenvalue weighted by Crippen LogP contribution is 2.33. The number of piperidine rings is 1. The van der Waals surface area contributed by atoms with Crippen LogP contribution in [0.4, 0.5) is 25.0 Å². The van der Waals surface area contributed by atoms with E-state index in [9.17, 15) is 19.2 Å². The summed E-state index contributed by atoms with van der Waals surface area (Å²) in [5, 5.41) is 12.7. The molecule has 0 radical (unpaired) electrons. The van der Waals surface area contributed by atoms with E-state index in [0.29, 0.717) is 48.8 Å². The van der Waals surface area contributed by atoms with Gasteiger partial charge < -0.3 is 34.8 Å². The van der Waals surface area contributed by atoms with Gasteiger partial charge in [-0.15, -0.1) is 0 Å². The Bertz CT molecular complexity index is 2470. The molecule has 0 saturated carbocycles. The fourth-order valence-electron chi connectivity index (χ4n) is 7.75. The van der Waals surface area contributed by atoms with Crippen molar-refractivity contribution in [3.8, 4) is 22.4 Å². The Morgan fingerprint density at radius 3 is 2.20 bits per heavy atom. The van der Waals surface area contributed by atoms with Crippen LogP contribution in [0, 0.1) is 31.4 Å². The van der Waals surface area contributed by atoms with Gasteiger partial charge in [-0.2, -0.15) is 5.10 Å². The van der Waals surface area contributed by atoms with Crippen molar-refractivity contribution in [3.63, 3.8) is 0 Å². The van der Waals surface area contributed by atoms with Gasteiger partial charge in [-0.1, -0.05) is 17.7 Å². The average Bonchev–Trinajstić information content (AvgIpc) is 3.80. The number of nitrogens with one attached hydrogen (secondary N) is 3. The summed E-state index contributed by atoms with van der Waals surface area (Å²) in [5.41, 5.74) is 2.83. The quantitative estimate of drug-likeness (QED) is 0.151. The fourth-order valence-corrected chi connectivity index (χ4v) is 8.01. The summed E-state index contributed by atoms with van der Waals surface area (Å²) in [5.74, 6) is -3.01. The number of halogens is 3. The number of nitrogens with zero attached hydrogens (tertiary/aromatic N) is 8. The van der Waals surface area contributed by atoms with Crippen LogP contribution in [0.3, 0.4) is 0 Å². The smallest absolute Gasteiger partial charge is 0.319 e. The fraction of sp³-hybridized carbons (Fsp3) is 0.372. The summed E-state index contributed by atoms with van der Waals surface area (Å²) in [6.07, 6.45) is 6.15. The second kappa shape index (κ2) is 17.8. The molecule has 0 unspecified atom stereocenters. The number of hydrogen-bond acceptors (Lipinski definition) is 7. The van der Waals surface area contributed by atoms with Crippen molar-refractivity contribution in [1.82, 2.24) is 39.4 Å². The SMILES string of the molecule is Cc1ccc(NC(=O)NCCn2cc(-c3ccc(-c4cnc(C(=O)Nc5ccc(C(=O)N6CCN(C(=O)C7CC[N+](C)(C)CC7)CC6)c(Cl)c5)n4C)c(F)c3F)c(C)n2)cn1. The van der Waals surface area contributed by atoms with Crippen LogP contribution in [0.25, 0.3) is 22.4 Å². The van der Waals surface area contributed by atoms with Gasteiger partial charge >= 0.3 is 6.03 Å². The Kier molecular flexibility index (Phi) is 12.5. The van der Waals surface area contributed by atoms with Gasteiger partial charge in [-0.3, -0.25) is 24.0 Å². The van der Waals surface area contributed by atoms with Crippen LogP contribution in [0.2, 0.25) is 5.02 Å². The lowest BCUT2D eigenvalue weighted by Gasteiger charge is -2.40. The molecule has 15 nitrogen and oxygen atoms in total. The molecule has 5 amide bonds. The van der Waals surface area contributed by atoms with E-state index in [0.717, 1.165) is 36.1 Å². The van der Waals surface area contributed by atoms with Crippen molar-refractivity contribution in [1.29, 1.82) is 0 Å². The molecule has 7 rings (SSSR count). The van der Waals surface area contributed by atoms with Crippen molar-refractivity contribution in [2.75, 3.05) is 70.5 Å². The van der Waals surface area contributed by atoms with Gasteiger partial charge in [0.25, 0.3) is 11.8 Å². The number of hydrogen-bond donors (Lipinski definition) is 3. The van der Waals surface area contributed by atoms with Crippen LogP contribution in [-0.4, -0.2) is 122 Å². The summed E-state index contributed by atoms with van der Waals surface area (Å²) in [6.45, 7) is 7.65. The van der Waals surface area contributed by atoms with Gasteiger partial charge in [0.1, 0.15) is 0 Å². The van der Waals surface area contributed by atoms with Crippen molar-refractivity contribution < 1.29 is 32.4 Å². The van der Waals surface area contributed by atoms with Crippen LogP contribution in [-0.2, 0) is 18.4 Å². The number of amides is 5. The van der Waals surface area contributed by atoms with Gasteiger partial charge in [0.05, 0.1) is 73.8 Å². The zero-order valence-corrected chi connectivity index (χ0v) is 35.5. The molecule has 5 heterocycles. The number of aromatic nitrogens is 5. The second-order valence-corrected chi connectivity index (χ2v) is 16.6. The van der Waals surface area contributed by atoms with Crippen LogP contribution < -0.4 is 16.0 Å². The van der Waals surface area contributed by atoms with E-state index in [1.165, 1.54) is 42.1 Å². The van der Waals surface area contributed by atoms with E-state index in [-0.39, 0.29) is 64.1 Å². The Labute approximate surface area is 357 Å². The lowest BCUT2D eigenvalue weighted by Crippen LogP contribution is -2.54. The second-order valence-electron chi connectivity index (χ2n) is 16.2. The number of urea groups is 1. The molecule has 0 bridgehead atoms. The Balaban J connectivity index is 0.945. The van der Waals surface area contributed by atoms with Crippen molar-refractivity contribution in [2.24, 2.45) is 13.0 Å². The highest BCUT2D eigenvalue weighted by atomic mass is 35.5. The lowest BCUT2D eigenvalue weighted by atomic mass is 9.94. The standard InChI is InChI=1S/C43H48ClF2N11O4/c1-26-6-7-30(23-48-26)51-43(61)47-14-15-56-25-34(27(2)52-56)31-10-11-33(38(46)37(31)45)36-24-49-39(53(36)3)40(58)50-29-8-9-32(35(44)22-29)42(60)55-18-16-54(17-19-55)41(59)28-12-20-57(4,5)21-13-28/h6-11,22-25,28H,12-21H2,1-5H3,(H2-,47,50,51,58,60,61)/p+1. The van der Waals surface area contributed by atoms with Crippen LogP contribution in [0.1, 0.15) is 45.2 Å². The normalized spacial score (nSPS) is 15.4. The average molecular weight is 857 g/mol. The summed E-state index contributed by atoms with van der Waals surface area (Å²) >= 11 is 6.57. The lowest BCUT2D eigenvalue weighted by molar-refractivity contribution is -0.895. The highest BCUT2D eigenvalue weighted by molar-refractivity contribution is 6.34. The molecule has 0 spiro atoms. The summed E-state index contributed by atoms with van der Waals surface area (Å²) < 4.78 is 35.3. The first-order chi connectivity index (χ1) is 29.1. The van der Waals surface area contributed by atoms with Gasteiger partial charge in [-0.05, 0) is 50.2 Å². The predicted molar refractivity (Wildman–Crippen MR) is 227 cm³/mol. The first-order valence-corrected chi connectivity index (χ1v) is 20.5. The number of likely N-dealkylation sites (tertiary alicyclic amines) is 1. The molecule has 2 aromatic carbocycles. The molecule has 320 valence electrons. The minimum atomic E-state index is -1.13. The maximum absolute atomic E-state index is 15.8. The molecule has 5 aromatic rings. The summed E-state index contributed by atoms with van der Waals surface area (Å²) in [4.78, 5) is 64.2. The number of aryl methyl sites for hydroxylation is 2. The minimum Gasteiger partial charge on any atom is -0.339 e. The molecule has 0 aliphatic carbocycles. The summed E-state index contributed by atoms with van der Waals surface area (Å²) in [6, 6.07) is 10.5. The number of benzene rings is 2. The monoisotopic (exact) mass is 856 g/mol. The molecule has 3 aromatic heterocycles. The number of carbonyl (C=O) groups excluding carboxylic acids is 4. The third-order valence-corrected chi connectivity index (χ3v) is 11.7. The maximum atomic E-state index is 15.8. The summed E-state index contributed by atoms with van der Waals surface area (Å²) in [7, 11) is 5.88. The number of carbonyl (C=O) groups is 4. The van der Waals surface area contributed by atoms with Gasteiger partial charge in [0, 0.05) is 92.8 Å². The molecular weight excluding hydrogens is 808 g/mol. The molecule has 3 N–H and O–H groups in total. The third kappa shape index (κ3) is 9.57. The van der Waals surface area contributed by atoms with E-state index in [1.54, 1.807) is 47.1 Å². The molecule has 0 atom stereocenters. The van der Waals surface area contributed by atoms with E-state index < -0.39 is 23.6 Å². The first kappa shape index (κ1) is 42.9. The zero-order valence-electron chi connectivity index (χ0n) is 34.8. The number of piperazine rings is 1. The Morgan fingerprint density at radius 2 is 1.51 bits per heavy atom.